The molecule has 0 fully saturated rings. The first-order valence-corrected chi connectivity index (χ1v) is 5.00. The first-order valence-electron chi connectivity index (χ1n) is 5.00. The summed E-state index contributed by atoms with van der Waals surface area (Å²) >= 11 is 0. The number of carbonyl (C=O) groups is 1. The number of hydrogen-bond donors (Lipinski definition) is 1. The number of hydrogen-bond acceptors (Lipinski definition) is 4. The van der Waals surface area contributed by atoms with Crippen molar-refractivity contribution in [1.82, 2.24) is 9.88 Å². The number of likely N-dealkylation sites (N-methyl/N-ethyl adjacent to an activating group) is 1. The van der Waals surface area contributed by atoms with E-state index in [9.17, 15) is 4.79 Å². The fourth-order valence-corrected chi connectivity index (χ4v) is 1.24. The molecule has 1 amide bonds. The average molecular weight is 223 g/mol. The Bertz CT molecular complexity index is 377. The summed E-state index contributed by atoms with van der Waals surface area (Å²) in [6, 6.07) is 3.67. The number of amides is 1. The summed E-state index contributed by atoms with van der Waals surface area (Å²) in [4.78, 5) is 17.3. The molecule has 1 N–H and O–H groups in total. The zero-order valence-electron chi connectivity index (χ0n) is 10.1. The van der Waals surface area contributed by atoms with E-state index in [2.05, 4.69) is 10.3 Å². The second-order valence-electron chi connectivity index (χ2n) is 3.58. The van der Waals surface area contributed by atoms with Crippen LogP contribution in [0.2, 0.25) is 0 Å². The molecule has 0 saturated heterocycles. The monoisotopic (exact) mass is 223 g/mol. The zero-order chi connectivity index (χ0) is 12.1. The molecular weight excluding hydrogens is 206 g/mol. The predicted octanol–water partition coefficient (Wildman–Crippen LogP) is 0.763. The molecular formula is C11H17N3O2. The molecule has 0 aliphatic carbocycles. The second-order valence-corrected chi connectivity index (χ2v) is 3.58. The van der Waals surface area contributed by atoms with Crippen molar-refractivity contribution >= 4 is 11.7 Å². The van der Waals surface area contributed by atoms with Crippen LogP contribution in [0.3, 0.4) is 0 Å². The third-order valence-electron chi connectivity index (χ3n) is 2.23. The zero-order valence-corrected chi connectivity index (χ0v) is 10.1. The Kier molecular flexibility index (Phi) is 4.10. The summed E-state index contributed by atoms with van der Waals surface area (Å²) in [5.41, 5.74) is 0.792. The third-order valence-corrected chi connectivity index (χ3v) is 2.23. The van der Waals surface area contributed by atoms with Gasteiger partial charge in [0.25, 0.3) is 0 Å². The quantitative estimate of drug-likeness (QED) is 0.819. The highest BCUT2D eigenvalue weighted by Crippen LogP contribution is 2.19. The molecule has 0 aliphatic heterocycles. The van der Waals surface area contributed by atoms with E-state index in [1.54, 1.807) is 33.2 Å². The van der Waals surface area contributed by atoms with E-state index in [1.807, 2.05) is 12.1 Å². The van der Waals surface area contributed by atoms with Crippen molar-refractivity contribution in [2.45, 2.75) is 6.42 Å². The van der Waals surface area contributed by atoms with Crippen molar-refractivity contribution in [2.75, 3.05) is 33.6 Å². The number of nitrogens with one attached hydrogen (secondary N) is 1. The van der Waals surface area contributed by atoms with Gasteiger partial charge in [0.2, 0.25) is 11.8 Å². The highest BCUT2D eigenvalue weighted by atomic mass is 16.5. The molecule has 1 rings (SSSR count). The lowest BCUT2D eigenvalue weighted by Crippen LogP contribution is -2.23. The van der Waals surface area contributed by atoms with Crippen LogP contribution in [-0.2, 0) is 11.2 Å². The lowest BCUT2D eigenvalue weighted by Gasteiger charge is -2.12. The van der Waals surface area contributed by atoms with Crippen LogP contribution in [0.15, 0.2) is 12.1 Å². The number of aromatic nitrogens is 1. The van der Waals surface area contributed by atoms with Crippen LogP contribution in [0.5, 0.6) is 5.88 Å². The van der Waals surface area contributed by atoms with Gasteiger partial charge in [0.15, 0.2) is 0 Å². The van der Waals surface area contributed by atoms with Crippen molar-refractivity contribution in [3.63, 3.8) is 0 Å². The number of carbonyl (C=O) groups excluding carboxylic acids is 1. The van der Waals surface area contributed by atoms with Crippen LogP contribution in [0.1, 0.15) is 5.56 Å². The lowest BCUT2D eigenvalue weighted by molar-refractivity contribution is -0.127. The van der Waals surface area contributed by atoms with Crippen molar-refractivity contribution in [2.24, 2.45) is 0 Å². The molecule has 1 heterocycles. The first-order chi connectivity index (χ1) is 7.58. The minimum atomic E-state index is 0.0253. The van der Waals surface area contributed by atoms with Gasteiger partial charge in [0.05, 0.1) is 13.5 Å². The van der Waals surface area contributed by atoms with Gasteiger partial charge in [-0.25, -0.2) is 0 Å². The van der Waals surface area contributed by atoms with Crippen molar-refractivity contribution in [3.8, 4) is 5.88 Å². The summed E-state index contributed by atoms with van der Waals surface area (Å²) < 4.78 is 5.15. The summed E-state index contributed by atoms with van der Waals surface area (Å²) in [6.45, 7) is 0. The van der Waals surface area contributed by atoms with Crippen molar-refractivity contribution in [3.05, 3.63) is 17.7 Å². The molecule has 0 atom stereocenters. The Morgan fingerprint density at radius 1 is 1.50 bits per heavy atom. The topological polar surface area (TPSA) is 54.5 Å². The molecule has 0 saturated carbocycles. The van der Waals surface area contributed by atoms with Gasteiger partial charge in [-0.3, -0.25) is 4.79 Å². The Labute approximate surface area is 95.4 Å². The van der Waals surface area contributed by atoms with Gasteiger partial charge in [-0.1, -0.05) is 0 Å². The molecule has 0 unspecified atom stereocenters. The molecule has 0 bridgehead atoms. The Morgan fingerprint density at radius 2 is 2.19 bits per heavy atom. The van der Waals surface area contributed by atoms with Crippen molar-refractivity contribution in [1.29, 1.82) is 0 Å². The van der Waals surface area contributed by atoms with E-state index in [1.165, 1.54) is 0 Å². The summed E-state index contributed by atoms with van der Waals surface area (Å²) in [6.07, 6.45) is 0.299. The van der Waals surface area contributed by atoms with Gasteiger partial charge in [-0.15, -0.1) is 0 Å². The average Bonchev–Trinajstić information content (AvgIpc) is 2.29. The molecule has 1 aromatic heterocycles. The van der Waals surface area contributed by atoms with Crippen LogP contribution in [0.25, 0.3) is 0 Å². The molecule has 0 radical (unpaired) electrons. The standard InChI is InChI=1S/C11H17N3O2/c1-12-9-6-5-8(11(13-9)16-4)7-10(15)14(2)3/h5-6H,7H2,1-4H3,(H,12,13). The largest absolute Gasteiger partial charge is 0.481 e. The minimum Gasteiger partial charge on any atom is -0.481 e. The third kappa shape index (κ3) is 2.85. The van der Waals surface area contributed by atoms with Crippen LogP contribution in [0, 0.1) is 0 Å². The van der Waals surface area contributed by atoms with Crippen LogP contribution in [-0.4, -0.2) is 44.0 Å². The van der Waals surface area contributed by atoms with Gasteiger partial charge in [-0.2, -0.15) is 4.98 Å². The Hall–Kier alpha value is -1.78. The van der Waals surface area contributed by atoms with Gasteiger partial charge >= 0.3 is 0 Å². The van der Waals surface area contributed by atoms with Crippen LogP contribution < -0.4 is 10.1 Å². The Morgan fingerprint density at radius 3 is 2.69 bits per heavy atom. The maximum absolute atomic E-state index is 11.6. The van der Waals surface area contributed by atoms with E-state index in [0.717, 1.165) is 11.4 Å². The molecule has 16 heavy (non-hydrogen) atoms. The van der Waals surface area contributed by atoms with Crippen LogP contribution in [0.4, 0.5) is 5.82 Å². The fourth-order valence-electron chi connectivity index (χ4n) is 1.24. The maximum atomic E-state index is 11.6. The summed E-state index contributed by atoms with van der Waals surface area (Å²) in [5.74, 6) is 1.23. The van der Waals surface area contributed by atoms with E-state index >= 15 is 0 Å². The first kappa shape index (κ1) is 12.3. The lowest BCUT2D eigenvalue weighted by atomic mass is 10.2. The molecule has 0 aromatic carbocycles. The number of methoxy groups -OCH3 is 1. The normalized spacial score (nSPS) is 9.75. The highest BCUT2D eigenvalue weighted by Gasteiger charge is 2.11. The van der Waals surface area contributed by atoms with Gasteiger partial charge in [0, 0.05) is 26.7 Å². The van der Waals surface area contributed by atoms with E-state index in [4.69, 9.17) is 4.74 Å². The van der Waals surface area contributed by atoms with E-state index in [-0.39, 0.29) is 5.91 Å². The molecule has 1 aromatic rings. The highest BCUT2D eigenvalue weighted by molar-refractivity contribution is 5.78. The molecule has 0 aliphatic rings. The Balaban J connectivity index is 2.91. The number of nitrogens with zero attached hydrogens (tertiary/aromatic N) is 2. The van der Waals surface area contributed by atoms with Gasteiger partial charge in [0.1, 0.15) is 5.82 Å². The number of anilines is 1. The van der Waals surface area contributed by atoms with Crippen LogP contribution >= 0.6 is 0 Å². The molecule has 5 heteroatoms. The number of pyridine rings is 1. The maximum Gasteiger partial charge on any atom is 0.226 e. The predicted molar refractivity (Wildman–Crippen MR) is 62.7 cm³/mol. The fraction of sp³-hybridized carbons (Fsp3) is 0.455. The SMILES string of the molecule is CNc1ccc(CC(=O)N(C)C)c(OC)n1. The molecule has 88 valence electrons. The summed E-state index contributed by atoms with van der Waals surface area (Å²) in [5, 5.41) is 2.92. The minimum absolute atomic E-state index is 0.0253. The van der Waals surface area contributed by atoms with Crippen molar-refractivity contribution < 1.29 is 9.53 Å². The number of rotatable bonds is 4. The molecule has 0 spiro atoms. The van der Waals surface area contributed by atoms with E-state index in [0.29, 0.717) is 12.3 Å². The smallest absolute Gasteiger partial charge is 0.226 e. The number of ether oxygens (including phenoxy) is 1. The molecule has 5 nitrogen and oxygen atoms in total. The van der Waals surface area contributed by atoms with Gasteiger partial charge in [-0.05, 0) is 12.1 Å². The van der Waals surface area contributed by atoms with Gasteiger partial charge < -0.3 is 15.0 Å². The second kappa shape index (κ2) is 5.34. The van der Waals surface area contributed by atoms with E-state index < -0.39 is 0 Å². The summed E-state index contributed by atoms with van der Waals surface area (Å²) in [7, 11) is 6.78.